The van der Waals surface area contributed by atoms with E-state index in [0.717, 1.165) is 13.0 Å². The molecule has 3 heteroatoms. The lowest BCUT2D eigenvalue weighted by molar-refractivity contribution is -0.142. The van der Waals surface area contributed by atoms with Crippen LogP contribution in [0.1, 0.15) is 52.4 Å². The fourth-order valence-corrected chi connectivity index (χ4v) is 2.76. The first-order valence-corrected chi connectivity index (χ1v) is 6.55. The van der Waals surface area contributed by atoms with E-state index in [1.165, 1.54) is 32.8 Å². The van der Waals surface area contributed by atoms with E-state index in [0.29, 0.717) is 18.5 Å². The molecule has 94 valence electrons. The number of carbonyl (C=O) groups is 1. The van der Waals surface area contributed by atoms with Crippen LogP contribution < -0.4 is 0 Å². The summed E-state index contributed by atoms with van der Waals surface area (Å²) in [5, 5.41) is 0. The molecule has 16 heavy (non-hydrogen) atoms. The van der Waals surface area contributed by atoms with E-state index in [2.05, 4.69) is 18.7 Å². The zero-order chi connectivity index (χ0) is 12.0. The summed E-state index contributed by atoms with van der Waals surface area (Å²) in [6, 6.07) is 1.04. The first kappa shape index (κ1) is 13.5. The monoisotopic (exact) mass is 227 g/mol. The number of nitrogens with zero attached hydrogens (tertiary/aromatic N) is 1. The zero-order valence-corrected chi connectivity index (χ0v) is 10.9. The number of likely N-dealkylation sites (tertiary alicyclic amines) is 1. The van der Waals surface area contributed by atoms with Gasteiger partial charge in [-0.2, -0.15) is 0 Å². The molecule has 1 atom stereocenters. The van der Waals surface area contributed by atoms with Crippen molar-refractivity contribution in [1.82, 2.24) is 4.90 Å². The van der Waals surface area contributed by atoms with E-state index in [4.69, 9.17) is 4.74 Å². The summed E-state index contributed by atoms with van der Waals surface area (Å²) < 4.78 is 4.78. The molecule has 0 aliphatic carbocycles. The minimum atomic E-state index is -0.0668. The Kier molecular flexibility index (Phi) is 5.81. The van der Waals surface area contributed by atoms with E-state index in [-0.39, 0.29) is 5.97 Å². The smallest absolute Gasteiger partial charge is 0.307 e. The lowest BCUT2D eigenvalue weighted by Crippen LogP contribution is -2.46. The molecule has 0 bridgehead atoms. The number of methoxy groups -OCH3 is 1. The van der Waals surface area contributed by atoms with Gasteiger partial charge in [0.15, 0.2) is 0 Å². The highest BCUT2D eigenvalue weighted by atomic mass is 16.5. The SMILES string of the molecule is CCC(CC)N1CCCCC1CC(=O)OC. The van der Waals surface area contributed by atoms with Crippen LogP contribution in [0.25, 0.3) is 0 Å². The van der Waals surface area contributed by atoms with E-state index in [1.54, 1.807) is 0 Å². The van der Waals surface area contributed by atoms with Crippen LogP contribution in [0.2, 0.25) is 0 Å². The van der Waals surface area contributed by atoms with E-state index >= 15 is 0 Å². The van der Waals surface area contributed by atoms with Crippen molar-refractivity contribution in [2.45, 2.75) is 64.5 Å². The van der Waals surface area contributed by atoms with Gasteiger partial charge in [0.1, 0.15) is 0 Å². The molecule has 1 fully saturated rings. The highest BCUT2D eigenvalue weighted by Crippen LogP contribution is 2.24. The van der Waals surface area contributed by atoms with Crippen LogP contribution in [0, 0.1) is 0 Å². The topological polar surface area (TPSA) is 29.5 Å². The summed E-state index contributed by atoms with van der Waals surface area (Å²) in [5.74, 6) is -0.0668. The number of hydrogen-bond donors (Lipinski definition) is 0. The zero-order valence-electron chi connectivity index (χ0n) is 10.9. The summed E-state index contributed by atoms with van der Waals surface area (Å²) in [6.45, 7) is 5.62. The van der Waals surface area contributed by atoms with Crippen molar-refractivity contribution in [3.8, 4) is 0 Å². The van der Waals surface area contributed by atoms with Crippen LogP contribution >= 0.6 is 0 Å². The van der Waals surface area contributed by atoms with Crippen molar-refractivity contribution >= 4 is 5.97 Å². The van der Waals surface area contributed by atoms with Gasteiger partial charge in [0.05, 0.1) is 13.5 Å². The van der Waals surface area contributed by atoms with Crippen molar-refractivity contribution in [3.05, 3.63) is 0 Å². The Balaban J connectivity index is 2.59. The van der Waals surface area contributed by atoms with E-state index in [9.17, 15) is 4.79 Å². The van der Waals surface area contributed by atoms with Gasteiger partial charge < -0.3 is 4.74 Å². The Morgan fingerprint density at radius 2 is 2.06 bits per heavy atom. The average Bonchev–Trinajstić information content (AvgIpc) is 2.32. The second-order valence-electron chi connectivity index (χ2n) is 4.64. The molecule has 0 saturated carbocycles. The van der Waals surface area contributed by atoms with Crippen LogP contribution in [0.3, 0.4) is 0 Å². The molecule has 1 saturated heterocycles. The standard InChI is InChI=1S/C13H25NO2/c1-4-11(5-2)14-9-7-6-8-12(14)10-13(15)16-3/h11-12H,4-10H2,1-3H3. The molecule has 0 amide bonds. The minimum absolute atomic E-state index is 0.0668. The van der Waals surface area contributed by atoms with E-state index in [1.807, 2.05) is 0 Å². The molecule has 1 unspecified atom stereocenters. The van der Waals surface area contributed by atoms with Crippen molar-refractivity contribution in [2.24, 2.45) is 0 Å². The number of esters is 1. The summed E-state index contributed by atoms with van der Waals surface area (Å²) >= 11 is 0. The number of carbonyl (C=O) groups excluding carboxylic acids is 1. The van der Waals surface area contributed by atoms with Crippen LogP contribution in [-0.2, 0) is 9.53 Å². The number of piperidine rings is 1. The third kappa shape index (κ3) is 3.48. The summed E-state index contributed by atoms with van der Waals surface area (Å²) in [6.07, 6.45) is 6.58. The van der Waals surface area contributed by atoms with Crippen LogP contribution in [0.15, 0.2) is 0 Å². The predicted molar refractivity (Wildman–Crippen MR) is 65.3 cm³/mol. The first-order valence-electron chi connectivity index (χ1n) is 6.55. The molecule has 0 radical (unpaired) electrons. The largest absolute Gasteiger partial charge is 0.469 e. The number of rotatable bonds is 5. The third-order valence-electron chi connectivity index (χ3n) is 3.71. The Morgan fingerprint density at radius 1 is 1.38 bits per heavy atom. The minimum Gasteiger partial charge on any atom is -0.469 e. The summed E-state index contributed by atoms with van der Waals surface area (Å²) in [5.41, 5.74) is 0. The maximum Gasteiger partial charge on any atom is 0.307 e. The molecular formula is C13H25NO2. The van der Waals surface area contributed by atoms with Gasteiger partial charge in [0.25, 0.3) is 0 Å². The molecule has 0 aromatic rings. The molecule has 0 spiro atoms. The average molecular weight is 227 g/mol. The molecule has 1 heterocycles. The molecule has 1 aliphatic rings. The number of hydrogen-bond acceptors (Lipinski definition) is 3. The van der Waals surface area contributed by atoms with Crippen LogP contribution in [0.5, 0.6) is 0 Å². The van der Waals surface area contributed by atoms with Gasteiger partial charge in [0.2, 0.25) is 0 Å². The fourth-order valence-electron chi connectivity index (χ4n) is 2.76. The Labute approximate surface area is 99.1 Å². The molecule has 0 N–H and O–H groups in total. The Bertz CT molecular complexity index is 214. The molecular weight excluding hydrogens is 202 g/mol. The second-order valence-corrected chi connectivity index (χ2v) is 4.64. The van der Waals surface area contributed by atoms with Crippen molar-refractivity contribution < 1.29 is 9.53 Å². The van der Waals surface area contributed by atoms with Crippen LogP contribution in [-0.4, -0.2) is 36.6 Å². The van der Waals surface area contributed by atoms with Gasteiger partial charge in [-0.25, -0.2) is 0 Å². The summed E-state index contributed by atoms with van der Waals surface area (Å²) in [4.78, 5) is 13.9. The van der Waals surface area contributed by atoms with Crippen molar-refractivity contribution in [1.29, 1.82) is 0 Å². The fraction of sp³-hybridized carbons (Fsp3) is 0.923. The van der Waals surface area contributed by atoms with Crippen LogP contribution in [0.4, 0.5) is 0 Å². The molecule has 1 rings (SSSR count). The van der Waals surface area contributed by atoms with Gasteiger partial charge in [-0.15, -0.1) is 0 Å². The highest BCUT2D eigenvalue weighted by Gasteiger charge is 2.28. The predicted octanol–water partition coefficient (Wildman–Crippen LogP) is 2.59. The lowest BCUT2D eigenvalue weighted by Gasteiger charge is -2.40. The number of ether oxygens (including phenoxy) is 1. The maximum atomic E-state index is 11.4. The van der Waals surface area contributed by atoms with Gasteiger partial charge in [-0.3, -0.25) is 9.69 Å². The van der Waals surface area contributed by atoms with Gasteiger partial charge in [-0.05, 0) is 32.2 Å². The maximum absolute atomic E-state index is 11.4. The van der Waals surface area contributed by atoms with Gasteiger partial charge in [0, 0.05) is 12.1 Å². The Morgan fingerprint density at radius 3 is 2.62 bits per heavy atom. The first-order chi connectivity index (χ1) is 7.72. The normalized spacial score (nSPS) is 22.4. The summed E-state index contributed by atoms with van der Waals surface area (Å²) in [7, 11) is 1.48. The van der Waals surface area contributed by atoms with Gasteiger partial charge >= 0.3 is 5.97 Å². The third-order valence-corrected chi connectivity index (χ3v) is 3.71. The molecule has 0 aromatic carbocycles. The molecule has 0 aromatic heterocycles. The molecule has 3 nitrogen and oxygen atoms in total. The quantitative estimate of drug-likeness (QED) is 0.676. The van der Waals surface area contributed by atoms with Crippen molar-refractivity contribution in [3.63, 3.8) is 0 Å². The lowest BCUT2D eigenvalue weighted by atomic mass is 9.95. The Hall–Kier alpha value is -0.570. The van der Waals surface area contributed by atoms with Gasteiger partial charge in [-0.1, -0.05) is 20.3 Å². The van der Waals surface area contributed by atoms with Crippen molar-refractivity contribution in [2.75, 3.05) is 13.7 Å². The molecule has 1 aliphatic heterocycles. The highest BCUT2D eigenvalue weighted by molar-refractivity contribution is 5.69. The van der Waals surface area contributed by atoms with E-state index < -0.39 is 0 Å². The second kappa shape index (κ2) is 6.89.